The lowest BCUT2D eigenvalue weighted by molar-refractivity contribution is 0.0689. The summed E-state index contributed by atoms with van der Waals surface area (Å²) >= 11 is 1.43. The first kappa shape index (κ1) is 10.6. The average Bonchev–Trinajstić information content (AvgIpc) is 2.58. The smallest absolute Gasteiger partial charge is 0.355 e. The van der Waals surface area contributed by atoms with Crippen molar-refractivity contribution in [3.05, 3.63) is 16.1 Å². The van der Waals surface area contributed by atoms with Crippen LogP contribution in [0.4, 0.5) is 0 Å². The normalized spacial score (nSPS) is 17.7. The first-order valence-electron chi connectivity index (χ1n) is 5.09. The minimum atomic E-state index is -0.937. The predicted molar refractivity (Wildman–Crippen MR) is 58.1 cm³/mol. The van der Waals surface area contributed by atoms with Crippen molar-refractivity contribution >= 4 is 17.3 Å². The van der Waals surface area contributed by atoms with Gasteiger partial charge in [0.05, 0.1) is 6.54 Å². The molecule has 0 saturated carbocycles. The second-order valence-electron chi connectivity index (χ2n) is 3.90. The van der Waals surface area contributed by atoms with Crippen LogP contribution in [0.25, 0.3) is 0 Å². The summed E-state index contributed by atoms with van der Waals surface area (Å²) in [4.78, 5) is 17.0. The maximum atomic E-state index is 10.6. The number of carbonyl (C=O) groups is 1. The van der Waals surface area contributed by atoms with Gasteiger partial charge in [-0.25, -0.2) is 9.78 Å². The summed E-state index contributed by atoms with van der Waals surface area (Å²) < 4.78 is 0. The molecule has 5 heteroatoms. The number of carboxylic acids is 1. The van der Waals surface area contributed by atoms with Crippen molar-refractivity contribution in [2.24, 2.45) is 5.92 Å². The molecular formula is C10H14N2O2S. The minimum absolute atomic E-state index is 0.169. The van der Waals surface area contributed by atoms with Crippen LogP contribution >= 0.6 is 11.3 Å². The zero-order chi connectivity index (χ0) is 10.8. The molecule has 2 heterocycles. The molecule has 1 saturated heterocycles. The van der Waals surface area contributed by atoms with E-state index in [1.165, 1.54) is 17.8 Å². The Morgan fingerprint density at radius 3 is 3.00 bits per heavy atom. The molecule has 0 radical (unpaired) electrons. The lowest BCUT2D eigenvalue weighted by atomic mass is 9.98. The molecule has 0 aromatic carbocycles. The second-order valence-corrected chi connectivity index (χ2v) is 4.84. The Hall–Kier alpha value is -0.940. The molecule has 0 atom stereocenters. The van der Waals surface area contributed by atoms with Crippen LogP contribution in [-0.2, 0) is 6.54 Å². The summed E-state index contributed by atoms with van der Waals surface area (Å²) in [7, 11) is 0. The fourth-order valence-corrected chi connectivity index (χ4v) is 2.55. The highest BCUT2D eigenvalue weighted by atomic mass is 32.1. The summed E-state index contributed by atoms with van der Waals surface area (Å²) in [6, 6.07) is 0. The number of nitrogens with zero attached hydrogens (tertiary/aromatic N) is 2. The molecule has 82 valence electrons. The van der Waals surface area contributed by atoms with Gasteiger partial charge >= 0.3 is 5.97 Å². The number of aromatic carboxylic acids is 1. The molecule has 1 N–H and O–H groups in total. The molecule has 1 aromatic heterocycles. The van der Waals surface area contributed by atoms with Gasteiger partial charge in [-0.3, -0.25) is 4.90 Å². The number of thiazole rings is 1. The van der Waals surface area contributed by atoms with Crippen molar-refractivity contribution in [3.8, 4) is 0 Å². The first-order valence-corrected chi connectivity index (χ1v) is 5.97. The quantitative estimate of drug-likeness (QED) is 0.848. The van der Waals surface area contributed by atoms with Gasteiger partial charge < -0.3 is 5.11 Å². The van der Waals surface area contributed by atoms with E-state index < -0.39 is 5.97 Å². The van der Waals surface area contributed by atoms with Crippen molar-refractivity contribution in [1.29, 1.82) is 0 Å². The second kappa shape index (κ2) is 4.28. The number of hydrogen-bond acceptors (Lipinski definition) is 4. The molecule has 1 fully saturated rings. The van der Waals surface area contributed by atoms with E-state index in [0.717, 1.165) is 30.6 Å². The highest BCUT2D eigenvalue weighted by Crippen LogP contribution is 2.22. The number of likely N-dealkylation sites (tertiary alicyclic amines) is 1. The Balaban J connectivity index is 1.87. The molecule has 0 spiro atoms. The van der Waals surface area contributed by atoms with E-state index in [4.69, 9.17) is 5.11 Å². The summed E-state index contributed by atoms with van der Waals surface area (Å²) in [6.07, 6.45) is 1.23. The lowest BCUT2D eigenvalue weighted by Crippen LogP contribution is -2.45. The maximum Gasteiger partial charge on any atom is 0.355 e. The van der Waals surface area contributed by atoms with Crippen LogP contribution in [0.2, 0.25) is 0 Å². The van der Waals surface area contributed by atoms with Gasteiger partial charge in [0.2, 0.25) is 0 Å². The number of aromatic nitrogens is 1. The van der Waals surface area contributed by atoms with Crippen LogP contribution in [0.15, 0.2) is 5.38 Å². The Bertz CT molecular complexity index is 358. The summed E-state index contributed by atoms with van der Waals surface area (Å²) in [5.74, 6) is -0.114. The van der Waals surface area contributed by atoms with Gasteiger partial charge in [0.1, 0.15) is 5.01 Å². The van der Waals surface area contributed by atoms with Gasteiger partial charge in [-0.15, -0.1) is 11.3 Å². The summed E-state index contributed by atoms with van der Waals surface area (Å²) in [5, 5.41) is 11.2. The SMILES string of the molecule is CCC1CN(Cc2nc(C(=O)O)cs2)C1. The Kier molecular flexibility index (Phi) is 3.02. The Morgan fingerprint density at radius 2 is 2.47 bits per heavy atom. The molecule has 1 aromatic rings. The molecule has 0 bridgehead atoms. The topological polar surface area (TPSA) is 53.4 Å². The standard InChI is InChI=1S/C10H14N2O2S/c1-2-7-3-12(4-7)5-9-11-8(6-15-9)10(13)14/h6-7H,2-5H2,1H3,(H,13,14). The van der Waals surface area contributed by atoms with Crippen LogP contribution < -0.4 is 0 Å². The predicted octanol–water partition coefficient (Wildman–Crippen LogP) is 1.68. The largest absolute Gasteiger partial charge is 0.476 e. The summed E-state index contributed by atoms with van der Waals surface area (Å²) in [6.45, 7) is 5.25. The zero-order valence-electron chi connectivity index (χ0n) is 8.64. The van der Waals surface area contributed by atoms with E-state index in [1.807, 2.05) is 0 Å². The number of rotatable bonds is 4. The molecule has 1 aliphatic heterocycles. The van der Waals surface area contributed by atoms with Crippen LogP contribution in [0.3, 0.4) is 0 Å². The first-order chi connectivity index (χ1) is 7.19. The van der Waals surface area contributed by atoms with Crippen LogP contribution in [-0.4, -0.2) is 34.0 Å². The maximum absolute atomic E-state index is 10.6. The van der Waals surface area contributed by atoms with E-state index in [0.29, 0.717) is 0 Å². The van der Waals surface area contributed by atoms with E-state index in [-0.39, 0.29) is 5.69 Å². The van der Waals surface area contributed by atoms with E-state index >= 15 is 0 Å². The van der Waals surface area contributed by atoms with Gasteiger partial charge in [-0.2, -0.15) is 0 Å². The van der Waals surface area contributed by atoms with Crippen molar-refractivity contribution < 1.29 is 9.90 Å². The van der Waals surface area contributed by atoms with Crippen LogP contribution in [0, 0.1) is 5.92 Å². The zero-order valence-corrected chi connectivity index (χ0v) is 9.46. The average molecular weight is 226 g/mol. The van der Waals surface area contributed by atoms with Gasteiger partial charge in [0.15, 0.2) is 5.69 Å². The van der Waals surface area contributed by atoms with Crippen molar-refractivity contribution in [2.75, 3.05) is 13.1 Å². The molecule has 0 unspecified atom stereocenters. The fourth-order valence-electron chi connectivity index (χ4n) is 1.74. The van der Waals surface area contributed by atoms with Crippen molar-refractivity contribution in [3.63, 3.8) is 0 Å². The Labute approximate surface area is 92.6 Å². The lowest BCUT2D eigenvalue weighted by Gasteiger charge is -2.38. The molecule has 0 aliphatic carbocycles. The summed E-state index contributed by atoms with van der Waals surface area (Å²) in [5.41, 5.74) is 0.169. The van der Waals surface area contributed by atoms with E-state index in [1.54, 1.807) is 5.38 Å². The molecule has 15 heavy (non-hydrogen) atoms. The molecule has 2 rings (SSSR count). The van der Waals surface area contributed by atoms with Crippen LogP contribution in [0.1, 0.15) is 28.8 Å². The van der Waals surface area contributed by atoms with Crippen molar-refractivity contribution in [1.82, 2.24) is 9.88 Å². The van der Waals surface area contributed by atoms with Crippen LogP contribution in [0.5, 0.6) is 0 Å². The third-order valence-corrected chi connectivity index (χ3v) is 3.57. The number of hydrogen-bond donors (Lipinski definition) is 1. The van der Waals surface area contributed by atoms with Gasteiger partial charge in [-0.05, 0) is 5.92 Å². The molecule has 0 amide bonds. The van der Waals surface area contributed by atoms with E-state index in [9.17, 15) is 4.79 Å². The number of carboxylic acid groups (broad SMARTS) is 1. The van der Waals surface area contributed by atoms with Gasteiger partial charge in [0, 0.05) is 18.5 Å². The Morgan fingerprint density at radius 1 is 1.73 bits per heavy atom. The van der Waals surface area contributed by atoms with Crippen molar-refractivity contribution in [2.45, 2.75) is 19.9 Å². The van der Waals surface area contributed by atoms with E-state index in [2.05, 4.69) is 16.8 Å². The third-order valence-electron chi connectivity index (χ3n) is 2.74. The monoisotopic (exact) mass is 226 g/mol. The van der Waals surface area contributed by atoms with Gasteiger partial charge in [0.25, 0.3) is 0 Å². The molecule has 1 aliphatic rings. The fraction of sp³-hybridized carbons (Fsp3) is 0.600. The molecular weight excluding hydrogens is 212 g/mol. The minimum Gasteiger partial charge on any atom is -0.476 e. The highest BCUT2D eigenvalue weighted by molar-refractivity contribution is 7.09. The molecule has 4 nitrogen and oxygen atoms in total. The highest BCUT2D eigenvalue weighted by Gasteiger charge is 2.25. The third kappa shape index (κ3) is 2.35. The van der Waals surface area contributed by atoms with Gasteiger partial charge in [-0.1, -0.05) is 13.3 Å².